The highest BCUT2D eigenvalue weighted by Crippen LogP contribution is 2.47. The first-order chi connectivity index (χ1) is 28.3. The van der Waals surface area contributed by atoms with Gasteiger partial charge in [-0.15, -0.1) is 11.3 Å². The van der Waals surface area contributed by atoms with Crippen LogP contribution in [0.1, 0.15) is 0 Å². The molecule has 11 aromatic carbocycles. The number of thiophene rings is 1. The van der Waals surface area contributed by atoms with Crippen LogP contribution < -0.4 is 0 Å². The molecular weight excluding hydrogens is 705 g/mol. The number of fused-ring (bicyclic) bond motifs is 8. The quantitative estimate of drug-likeness (QED) is 0.158. The molecule has 0 N–H and O–H groups in total. The molecule has 12 rings (SSSR count). The third-order valence-corrected chi connectivity index (χ3v) is 13.1. The van der Waals surface area contributed by atoms with E-state index in [0.29, 0.717) is 0 Å². The van der Waals surface area contributed by atoms with E-state index in [4.69, 9.17) is 0 Å². The van der Waals surface area contributed by atoms with E-state index in [2.05, 4.69) is 206 Å². The molecule has 0 saturated carbocycles. The van der Waals surface area contributed by atoms with Crippen molar-refractivity contribution in [2.24, 2.45) is 0 Å². The molecule has 12 aromatic rings. The summed E-state index contributed by atoms with van der Waals surface area (Å²) in [6, 6.07) is 76.5. The molecule has 0 fully saturated rings. The van der Waals surface area contributed by atoms with Crippen molar-refractivity contribution in [2.45, 2.75) is 0 Å². The van der Waals surface area contributed by atoms with Gasteiger partial charge in [-0.2, -0.15) is 0 Å². The molecule has 0 bridgehead atoms. The predicted molar refractivity (Wildman–Crippen MR) is 249 cm³/mol. The molecule has 0 aliphatic heterocycles. The lowest BCUT2D eigenvalue weighted by molar-refractivity contribution is 1.63. The Kier molecular flexibility index (Phi) is 7.20. The predicted octanol–water partition coefficient (Wildman–Crippen LogP) is 16.5. The second kappa shape index (κ2) is 12.7. The molecule has 1 aromatic heterocycles. The van der Waals surface area contributed by atoms with Gasteiger partial charge in [0.2, 0.25) is 0 Å². The highest BCUT2D eigenvalue weighted by atomic mass is 32.1. The van der Waals surface area contributed by atoms with E-state index in [9.17, 15) is 0 Å². The van der Waals surface area contributed by atoms with Crippen molar-refractivity contribution in [3.63, 3.8) is 0 Å². The molecule has 0 radical (unpaired) electrons. The Balaban J connectivity index is 1.06. The zero-order valence-corrected chi connectivity index (χ0v) is 31.9. The van der Waals surface area contributed by atoms with Crippen LogP contribution in [0.25, 0.3) is 119 Å². The summed E-state index contributed by atoms with van der Waals surface area (Å²) in [7, 11) is 0. The van der Waals surface area contributed by atoms with Gasteiger partial charge in [0.1, 0.15) is 0 Å². The third-order valence-electron chi connectivity index (χ3n) is 12.0. The van der Waals surface area contributed by atoms with Crippen LogP contribution in [0.4, 0.5) is 0 Å². The minimum atomic E-state index is 1.22. The normalized spacial score (nSPS) is 11.9. The highest BCUT2D eigenvalue weighted by molar-refractivity contribution is 7.26. The van der Waals surface area contributed by atoms with E-state index in [-0.39, 0.29) is 0 Å². The van der Waals surface area contributed by atoms with Gasteiger partial charge < -0.3 is 0 Å². The Morgan fingerprint density at radius 3 is 1.42 bits per heavy atom. The monoisotopic (exact) mass is 738 g/mol. The molecule has 264 valence electrons. The van der Waals surface area contributed by atoms with Crippen molar-refractivity contribution in [1.29, 1.82) is 0 Å². The largest absolute Gasteiger partial charge is 0.135 e. The lowest BCUT2D eigenvalue weighted by Crippen LogP contribution is -1.93. The molecule has 0 unspecified atom stereocenters. The molecule has 57 heavy (non-hydrogen) atoms. The molecule has 0 aliphatic carbocycles. The number of hydrogen-bond acceptors (Lipinski definition) is 1. The fourth-order valence-electron chi connectivity index (χ4n) is 9.44. The van der Waals surface area contributed by atoms with E-state index in [1.165, 1.54) is 119 Å². The van der Waals surface area contributed by atoms with Crippen LogP contribution in [0.15, 0.2) is 206 Å². The lowest BCUT2D eigenvalue weighted by atomic mass is 9.83. The summed E-state index contributed by atoms with van der Waals surface area (Å²) >= 11 is 1.90. The zero-order valence-electron chi connectivity index (χ0n) is 31.0. The maximum absolute atomic E-state index is 2.43. The Labute approximate surface area is 334 Å². The van der Waals surface area contributed by atoms with Gasteiger partial charge in [0.15, 0.2) is 0 Å². The molecule has 1 heteroatoms. The first-order valence-corrected chi connectivity index (χ1v) is 20.5. The minimum Gasteiger partial charge on any atom is -0.135 e. The molecule has 0 spiro atoms. The third kappa shape index (κ3) is 5.06. The average molecular weight is 739 g/mol. The van der Waals surface area contributed by atoms with Gasteiger partial charge in [-0.1, -0.05) is 176 Å². The van der Waals surface area contributed by atoms with E-state index < -0.39 is 0 Å². The fraction of sp³-hybridized carbons (Fsp3) is 0. The summed E-state index contributed by atoms with van der Waals surface area (Å²) in [5, 5.41) is 15.4. The minimum absolute atomic E-state index is 1.22. The Morgan fingerprint density at radius 2 is 0.702 bits per heavy atom. The maximum Gasteiger partial charge on any atom is 0.0362 e. The Morgan fingerprint density at radius 1 is 0.228 bits per heavy atom. The first-order valence-electron chi connectivity index (χ1n) is 19.7. The lowest BCUT2D eigenvalue weighted by Gasteiger charge is -2.20. The number of benzene rings is 11. The van der Waals surface area contributed by atoms with Crippen LogP contribution >= 0.6 is 11.3 Å². The van der Waals surface area contributed by atoms with E-state index in [0.717, 1.165) is 0 Å². The van der Waals surface area contributed by atoms with E-state index in [1.807, 2.05) is 11.3 Å². The Bertz CT molecular complexity index is 3510. The number of rotatable bonds is 4. The van der Waals surface area contributed by atoms with E-state index >= 15 is 0 Å². The van der Waals surface area contributed by atoms with Crippen LogP contribution in [0.5, 0.6) is 0 Å². The average Bonchev–Trinajstić information content (AvgIpc) is 3.62. The SMILES string of the molecule is c1ccc(-c2ccc(-c3c4ccccc4c(-c4cccc(-c5cccc6cc7c(cc56)sc5cc6ccccc6cc57)c4)c4ccccc34)c3ccccc23)cc1. The summed E-state index contributed by atoms with van der Waals surface area (Å²) in [5.74, 6) is 0. The zero-order chi connectivity index (χ0) is 37.5. The van der Waals surface area contributed by atoms with Crippen molar-refractivity contribution < 1.29 is 0 Å². The van der Waals surface area contributed by atoms with Crippen molar-refractivity contribution in [3.8, 4) is 44.5 Å². The second-order valence-electron chi connectivity index (χ2n) is 15.2. The van der Waals surface area contributed by atoms with Gasteiger partial charge in [-0.3, -0.25) is 0 Å². The topological polar surface area (TPSA) is 0 Å². The van der Waals surface area contributed by atoms with Crippen LogP contribution in [-0.2, 0) is 0 Å². The van der Waals surface area contributed by atoms with Crippen LogP contribution in [0.2, 0.25) is 0 Å². The van der Waals surface area contributed by atoms with Gasteiger partial charge >= 0.3 is 0 Å². The van der Waals surface area contributed by atoms with Crippen molar-refractivity contribution in [2.75, 3.05) is 0 Å². The van der Waals surface area contributed by atoms with Gasteiger partial charge in [-0.05, 0) is 129 Å². The summed E-state index contributed by atoms with van der Waals surface area (Å²) in [4.78, 5) is 0. The van der Waals surface area contributed by atoms with Gasteiger partial charge in [0.05, 0.1) is 0 Å². The molecule has 0 saturated heterocycles. The Hall–Kier alpha value is -7.06. The second-order valence-corrected chi connectivity index (χ2v) is 16.3. The summed E-state index contributed by atoms with van der Waals surface area (Å²) in [6.45, 7) is 0. The highest BCUT2D eigenvalue weighted by Gasteiger charge is 2.20. The molecule has 0 nitrogen and oxygen atoms in total. The number of hydrogen-bond donors (Lipinski definition) is 0. The standard InChI is InChI=1S/C56H34S/c1-2-14-35(15-3-1)42-28-29-49(44-22-7-6-21-43(42)44)56-47-25-10-8-23-45(47)55(46-24-9-11-26-48(46)56)40-20-12-18-38(30-40)41-27-13-19-39-32-52-51-31-36-16-4-5-17-37(36)33-53(51)57-54(52)34-50(39)41/h1-34H. The fourth-order valence-corrected chi connectivity index (χ4v) is 10.6. The van der Waals surface area contributed by atoms with Crippen molar-refractivity contribution in [3.05, 3.63) is 206 Å². The van der Waals surface area contributed by atoms with Gasteiger partial charge in [-0.25, -0.2) is 0 Å². The van der Waals surface area contributed by atoms with Crippen LogP contribution in [0, 0.1) is 0 Å². The van der Waals surface area contributed by atoms with Gasteiger partial charge in [0, 0.05) is 20.2 Å². The summed E-state index contributed by atoms with van der Waals surface area (Å²) in [6.07, 6.45) is 0. The van der Waals surface area contributed by atoms with Crippen molar-refractivity contribution in [1.82, 2.24) is 0 Å². The molecule has 0 atom stereocenters. The maximum atomic E-state index is 2.43. The first kappa shape index (κ1) is 32.2. The van der Waals surface area contributed by atoms with E-state index in [1.54, 1.807) is 0 Å². The molecule has 1 heterocycles. The van der Waals surface area contributed by atoms with Crippen molar-refractivity contribution >= 4 is 85.4 Å². The van der Waals surface area contributed by atoms with Crippen LogP contribution in [0.3, 0.4) is 0 Å². The summed E-state index contributed by atoms with van der Waals surface area (Å²) in [5.41, 5.74) is 10.0. The van der Waals surface area contributed by atoms with Gasteiger partial charge in [0.25, 0.3) is 0 Å². The summed E-state index contributed by atoms with van der Waals surface area (Å²) < 4.78 is 2.67. The van der Waals surface area contributed by atoms with Crippen LogP contribution in [-0.4, -0.2) is 0 Å². The molecule has 0 aliphatic rings. The molecule has 0 amide bonds. The molecular formula is C56H34S. The smallest absolute Gasteiger partial charge is 0.0362 e.